The highest BCUT2D eigenvalue weighted by Crippen LogP contribution is 2.09. The van der Waals surface area contributed by atoms with Crippen LogP contribution in [0.15, 0.2) is 18.2 Å². The zero-order chi connectivity index (χ0) is 15.3. The van der Waals surface area contributed by atoms with E-state index in [1.165, 1.54) is 0 Å². The minimum atomic E-state index is -0.222. The maximum absolute atomic E-state index is 11.9. The smallest absolute Gasteiger partial charge is 0.251 e. The van der Waals surface area contributed by atoms with E-state index in [4.69, 9.17) is 0 Å². The van der Waals surface area contributed by atoms with E-state index in [2.05, 4.69) is 10.6 Å². The minimum absolute atomic E-state index is 0.00280. The Hall–Kier alpha value is -1.84. The second kappa shape index (κ2) is 7.08. The minimum Gasteiger partial charge on any atom is -0.352 e. The molecule has 0 saturated heterocycles. The van der Waals surface area contributed by atoms with Crippen LogP contribution in [0.4, 0.5) is 0 Å². The predicted molar refractivity (Wildman–Crippen MR) is 80.7 cm³/mol. The molecule has 1 atom stereocenters. The van der Waals surface area contributed by atoms with Crippen molar-refractivity contribution in [1.29, 1.82) is 0 Å². The quantitative estimate of drug-likeness (QED) is 0.866. The van der Waals surface area contributed by atoms with Gasteiger partial charge < -0.3 is 10.6 Å². The highest BCUT2D eigenvalue weighted by molar-refractivity contribution is 5.96. The summed E-state index contributed by atoms with van der Waals surface area (Å²) in [5.41, 5.74) is 2.79. The summed E-state index contributed by atoms with van der Waals surface area (Å²) in [6, 6.07) is 5.61. The van der Waals surface area contributed by atoms with Gasteiger partial charge >= 0.3 is 0 Å². The maximum atomic E-state index is 11.9. The zero-order valence-electron chi connectivity index (χ0n) is 12.9. The lowest BCUT2D eigenvalue weighted by Crippen LogP contribution is -2.42. The predicted octanol–water partition coefficient (Wildman–Crippen LogP) is 2.19. The Balaban J connectivity index is 2.51. The fourth-order valence-corrected chi connectivity index (χ4v) is 1.62. The van der Waals surface area contributed by atoms with Crippen molar-refractivity contribution in [3.63, 3.8) is 0 Å². The molecule has 1 rings (SSSR count). The van der Waals surface area contributed by atoms with E-state index >= 15 is 0 Å². The first-order valence-corrected chi connectivity index (χ1v) is 6.96. The Morgan fingerprint density at radius 1 is 1.10 bits per heavy atom. The molecule has 0 saturated carbocycles. The van der Waals surface area contributed by atoms with Gasteiger partial charge in [0, 0.05) is 11.6 Å². The van der Waals surface area contributed by atoms with Crippen LogP contribution in [-0.2, 0) is 4.79 Å². The van der Waals surface area contributed by atoms with E-state index in [0.717, 1.165) is 11.1 Å². The molecule has 1 unspecified atom stereocenters. The average Bonchev–Trinajstić information content (AvgIpc) is 2.39. The molecule has 2 amide bonds. The Morgan fingerprint density at radius 2 is 1.75 bits per heavy atom. The monoisotopic (exact) mass is 276 g/mol. The normalized spacial score (nSPS) is 12.1. The molecule has 1 aromatic carbocycles. The van der Waals surface area contributed by atoms with Gasteiger partial charge in [0.15, 0.2) is 0 Å². The van der Waals surface area contributed by atoms with Gasteiger partial charge in [-0.05, 0) is 49.9 Å². The number of nitrogens with one attached hydrogen (secondary N) is 2. The van der Waals surface area contributed by atoms with Crippen LogP contribution >= 0.6 is 0 Å². The molecule has 0 spiro atoms. The Labute approximate surface area is 121 Å². The van der Waals surface area contributed by atoms with Crippen molar-refractivity contribution < 1.29 is 9.59 Å². The summed E-state index contributed by atoms with van der Waals surface area (Å²) in [4.78, 5) is 23.6. The average molecular weight is 276 g/mol. The van der Waals surface area contributed by atoms with Crippen molar-refractivity contribution in [3.8, 4) is 0 Å². The number of carbonyl (C=O) groups is 2. The first-order valence-electron chi connectivity index (χ1n) is 6.96. The molecule has 0 fully saturated rings. The van der Waals surface area contributed by atoms with E-state index in [1.54, 1.807) is 6.07 Å². The molecule has 4 nitrogen and oxygen atoms in total. The van der Waals surface area contributed by atoms with Crippen molar-refractivity contribution in [2.24, 2.45) is 5.92 Å². The largest absolute Gasteiger partial charge is 0.352 e. The number of hydrogen-bond acceptors (Lipinski definition) is 2. The van der Waals surface area contributed by atoms with Crippen LogP contribution in [0.2, 0.25) is 0 Å². The van der Waals surface area contributed by atoms with Crippen LogP contribution in [0.1, 0.15) is 42.3 Å². The number of rotatable bonds is 5. The first-order chi connectivity index (χ1) is 9.31. The summed E-state index contributed by atoms with van der Waals surface area (Å²) in [7, 11) is 0. The fourth-order valence-electron chi connectivity index (χ4n) is 1.62. The molecule has 4 heteroatoms. The lowest BCUT2D eigenvalue weighted by atomic mass is 10.1. The van der Waals surface area contributed by atoms with Crippen molar-refractivity contribution in [1.82, 2.24) is 10.6 Å². The van der Waals surface area contributed by atoms with Gasteiger partial charge in [0.1, 0.15) is 0 Å². The summed E-state index contributed by atoms with van der Waals surface area (Å²) in [6.07, 6.45) is 0. The Morgan fingerprint density at radius 3 is 2.30 bits per heavy atom. The first kappa shape index (κ1) is 16.2. The van der Waals surface area contributed by atoms with Gasteiger partial charge in [0.05, 0.1) is 6.54 Å². The van der Waals surface area contributed by atoms with Crippen molar-refractivity contribution >= 4 is 11.8 Å². The summed E-state index contributed by atoms with van der Waals surface area (Å²) in [5, 5.41) is 5.49. The topological polar surface area (TPSA) is 58.2 Å². The third kappa shape index (κ3) is 4.68. The van der Waals surface area contributed by atoms with Gasteiger partial charge in [-0.1, -0.05) is 19.9 Å². The highest BCUT2D eigenvalue weighted by atomic mass is 16.2. The molecule has 0 aliphatic heterocycles. The molecule has 0 aliphatic rings. The number of hydrogen-bond donors (Lipinski definition) is 2. The lowest BCUT2D eigenvalue weighted by molar-refractivity contribution is -0.121. The molecule has 0 heterocycles. The van der Waals surface area contributed by atoms with Crippen LogP contribution in [0.25, 0.3) is 0 Å². The van der Waals surface area contributed by atoms with Gasteiger partial charge in [-0.25, -0.2) is 0 Å². The zero-order valence-corrected chi connectivity index (χ0v) is 12.9. The Bertz CT molecular complexity index is 495. The standard InChI is InChI=1S/C16H24N2O2/c1-10(2)13(5)18-15(19)9-17-16(20)14-7-6-11(3)12(4)8-14/h6-8,10,13H,9H2,1-5H3,(H,17,20)(H,18,19). The Kier molecular flexibility index (Phi) is 5.74. The summed E-state index contributed by atoms with van der Waals surface area (Å²) >= 11 is 0. The molecule has 0 radical (unpaired) electrons. The summed E-state index contributed by atoms with van der Waals surface area (Å²) < 4.78 is 0. The number of benzene rings is 1. The van der Waals surface area contributed by atoms with Crippen molar-refractivity contribution in [2.45, 2.75) is 40.7 Å². The van der Waals surface area contributed by atoms with Crippen LogP contribution in [0, 0.1) is 19.8 Å². The third-order valence-corrected chi connectivity index (χ3v) is 3.57. The van der Waals surface area contributed by atoms with Crippen LogP contribution in [0.5, 0.6) is 0 Å². The van der Waals surface area contributed by atoms with Crippen molar-refractivity contribution in [3.05, 3.63) is 34.9 Å². The van der Waals surface area contributed by atoms with Crippen LogP contribution < -0.4 is 10.6 Å². The van der Waals surface area contributed by atoms with Gasteiger partial charge in [-0.15, -0.1) is 0 Å². The van der Waals surface area contributed by atoms with E-state index in [1.807, 2.05) is 46.8 Å². The number of amides is 2. The summed E-state index contributed by atoms with van der Waals surface area (Å²) in [6.45, 7) is 9.99. The lowest BCUT2D eigenvalue weighted by Gasteiger charge is -2.17. The van der Waals surface area contributed by atoms with E-state index in [9.17, 15) is 9.59 Å². The second-order valence-corrected chi connectivity index (χ2v) is 5.58. The molecule has 0 bridgehead atoms. The van der Waals surface area contributed by atoms with Gasteiger partial charge in [-0.3, -0.25) is 9.59 Å². The molecule has 20 heavy (non-hydrogen) atoms. The molecule has 0 aromatic heterocycles. The van der Waals surface area contributed by atoms with Gasteiger partial charge in [-0.2, -0.15) is 0 Å². The number of aryl methyl sites for hydroxylation is 2. The maximum Gasteiger partial charge on any atom is 0.251 e. The fraction of sp³-hybridized carbons (Fsp3) is 0.500. The molecule has 110 valence electrons. The molecule has 2 N–H and O–H groups in total. The molecular weight excluding hydrogens is 252 g/mol. The van der Waals surface area contributed by atoms with E-state index in [0.29, 0.717) is 11.5 Å². The van der Waals surface area contributed by atoms with Crippen molar-refractivity contribution in [2.75, 3.05) is 6.54 Å². The summed E-state index contributed by atoms with van der Waals surface area (Å²) in [5.74, 6) is -0.0155. The third-order valence-electron chi connectivity index (χ3n) is 3.57. The van der Waals surface area contributed by atoms with E-state index < -0.39 is 0 Å². The molecule has 1 aromatic rings. The van der Waals surface area contributed by atoms with E-state index in [-0.39, 0.29) is 24.4 Å². The van der Waals surface area contributed by atoms with Crippen LogP contribution in [-0.4, -0.2) is 24.4 Å². The molecular formula is C16H24N2O2. The van der Waals surface area contributed by atoms with Gasteiger partial charge in [0.25, 0.3) is 5.91 Å². The molecule has 0 aliphatic carbocycles. The van der Waals surface area contributed by atoms with Crippen LogP contribution in [0.3, 0.4) is 0 Å². The van der Waals surface area contributed by atoms with Gasteiger partial charge in [0.2, 0.25) is 5.91 Å². The number of carbonyl (C=O) groups excluding carboxylic acids is 2. The second-order valence-electron chi connectivity index (χ2n) is 5.58. The highest BCUT2D eigenvalue weighted by Gasteiger charge is 2.12. The SMILES string of the molecule is Cc1ccc(C(=O)NCC(=O)NC(C)C(C)C)cc1C.